The van der Waals surface area contributed by atoms with Crippen molar-refractivity contribution in [3.8, 4) is 23.0 Å². The predicted octanol–water partition coefficient (Wildman–Crippen LogP) is 5.09. The van der Waals surface area contributed by atoms with Crippen molar-refractivity contribution in [2.75, 3.05) is 28.4 Å². The SMILES string of the molecule is COc1ccc2c(c1)C(CC(=O)NCc1cccn1C)=C(C)/C2=C/c1cc(OC)c(OC)c(OC)c1. The van der Waals surface area contributed by atoms with Crippen molar-refractivity contribution in [2.45, 2.75) is 19.9 Å². The molecule has 0 radical (unpaired) electrons. The molecule has 0 aliphatic heterocycles. The fourth-order valence-corrected chi connectivity index (χ4v) is 4.56. The molecule has 1 aromatic heterocycles. The van der Waals surface area contributed by atoms with Crippen molar-refractivity contribution in [1.29, 1.82) is 0 Å². The Hall–Kier alpha value is -4.13. The first kappa shape index (κ1) is 25.0. The van der Waals surface area contributed by atoms with Gasteiger partial charge < -0.3 is 28.8 Å². The summed E-state index contributed by atoms with van der Waals surface area (Å²) in [5.74, 6) is 2.42. The second-order valence-corrected chi connectivity index (χ2v) is 8.60. The molecule has 0 unspecified atom stereocenters. The number of allylic oxidation sites excluding steroid dienone is 2. The standard InChI is InChI=1S/C29H32N2O5/c1-18-23(12-19-13-26(34-4)29(36-6)27(14-19)35-5)22-10-9-21(33-3)15-25(22)24(18)16-28(32)30-17-20-8-7-11-31(20)2/h7-15H,16-17H2,1-6H3,(H,30,32)/b23-12-. The third kappa shape index (κ3) is 4.82. The monoisotopic (exact) mass is 488 g/mol. The average Bonchev–Trinajstić information content (AvgIpc) is 3.42. The van der Waals surface area contributed by atoms with Crippen LogP contribution in [-0.4, -0.2) is 38.9 Å². The van der Waals surface area contributed by atoms with Gasteiger partial charge >= 0.3 is 0 Å². The predicted molar refractivity (Wildman–Crippen MR) is 141 cm³/mol. The van der Waals surface area contributed by atoms with Gasteiger partial charge in [0.15, 0.2) is 11.5 Å². The normalized spacial score (nSPS) is 13.6. The van der Waals surface area contributed by atoms with Crippen LogP contribution in [0, 0.1) is 0 Å². The molecule has 36 heavy (non-hydrogen) atoms. The first-order chi connectivity index (χ1) is 17.4. The van der Waals surface area contributed by atoms with E-state index in [1.165, 1.54) is 0 Å². The van der Waals surface area contributed by atoms with Crippen LogP contribution in [-0.2, 0) is 18.4 Å². The minimum atomic E-state index is -0.0339. The Morgan fingerprint density at radius 3 is 2.25 bits per heavy atom. The van der Waals surface area contributed by atoms with Gasteiger partial charge in [-0.2, -0.15) is 0 Å². The zero-order valence-electron chi connectivity index (χ0n) is 21.6. The molecule has 1 aliphatic rings. The maximum atomic E-state index is 13.0. The minimum Gasteiger partial charge on any atom is -0.497 e. The van der Waals surface area contributed by atoms with Crippen molar-refractivity contribution in [1.82, 2.24) is 9.88 Å². The Kier molecular flexibility index (Phi) is 7.38. The van der Waals surface area contributed by atoms with Gasteiger partial charge in [0, 0.05) is 18.9 Å². The molecule has 0 spiro atoms. The number of nitrogens with one attached hydrogen (secondary N) is 1. The van der Waals surface area contributed by atoms with Gasteiger partial charge in [0.25, 0.3) is 0 Å². The Balaban J connectivity index is 1.71. The Labute approximate surface area is 211 Å². The number of benzene rings is 2. The molecule has 2 aromatic carbocycles. The van der Waals surface area contributed by atoms with Crippen molar-refractivity contribution in [2.24, 2.45) is 7.05 Å². The highest BCUT2D eigenvalue weighted by Crippen LogP contribution is 2.46. The van der Waals surface area contributed by atoms with Crippen LogP contribution >= 0.6 is 0 Å². The summed E-state index contributed by atoms with van der Waals surface area (Å²) in [6, 6.07) is 13.8. The summed E-state index contributed by atoms with van der Waals surface area (Å²) in [6.07, 6.45) is 4.32. The molecule has 1 heterocycles. The molecule has 1 aliphatic carbocycles. The smallest absolute Gasteiger partial charge is 0.224 e. The lowest BCUT2D eigenvalue weighted by molar-refractivity contribution is -0.120. The quantitative estimate of drug-likeness (QED) is 0.454. The van der Waals surface area contributed by atoms with E-state index in [2.05, 4.69) is 18.3 Å². The number of methoxy groups -OCH3 is 4. The number of carbonyl (C=O) groups is 1. The number of rotatable bonds is 9. The second-order valence-electron chi connectivity index (χ2n) is 8.60. The number of ether oxygens (including phenoxy) is 4. The molecule has 0 bridgehead atoms. The van der Waals surface area contributed by atoms with Gasteiger partial charge in [-0.25, -0.2) is 0 Å². The summed E-state index contributed by atoms with van der Waals surface area (Å²) in [7, 11) is 8.40. The fourth-order valence-electron chi connectivity index (χ4n) is 4.56. The number of nitrogens with zero attached hydrogens (tertiary/aromatic N) is 1. The number of fused-ring (bicyclic) bond motifs is 1. The molecule has 7 heteroatoms. The number of aryl methyl sites for hydroxylation is 1. The van der Waals surface area contributed by atoms with Gasteiger partial charge in [-0.15, -0.1) is 0 Å². The van der Waals surface area contributed by atoms with E-state index in [0.717, 1.165) is 44.9 Å². The van der Waals surface area contributed by atoms with Crippen LogP contribution in [0.4, 0.5) is 0 Å². The summed E-state index contributed by atoms with van der Waals surface area (Å²) in [4.78, 5) is 13.0. The van der Waals surface area contributed by atoms with E-state index in [4.69, 9.17) is 18.9 Å². The minimum absolute atomic E-state index is 0.0339. The Morgan fingerprint density at radius 2 is 1.67 bits per heavy atom. The van der Waals surface area contributed by atoms with Crippen LogP contribution < -0.4 is 24.3 Å². The second kappa shape index (κ2) is 10.6. The van der Waals surface area contributed by atoms with E-state index >= 15 is 0 Å². The molecule has 4 rings (SSSR count). The van der Waals surface area contributed by atoms with Crippen molar-refractivity contribution >= 4 is 23.1 Å². The highest BCUT2D eigenvalue weighted by atomic mass is 16.5. The van der Waals surface area contributed by atoms with E-state index in [0.29, 0.717) is 23.8 Å². The molecular formula is C29H32N2O5. The van der Waals surface area contributed by atoms with Crippen LogP contribution in [0.15, 0.2) is 54.2 Å². The van der Waals surface area contributed by atoms with Gasteiger partial charge in [0.05, 0.1) is 41.4 Å². The number of amides is 1. The van der Waals surface area contributed by atoms with E-state index in [1.807, 2.05) is 60.3 Å². The van der Waals surface area contributed by atoms with Crippen LogP contribution in [0.5, 0.6) is 23.0 Å². The topological polar surface area (TPSA) is 71.0 Å². The first-order valence-electron chi connectivity index (χ1n) is 11.7. The first-order valence-corrected chi connectivity index (χ1v) is 11.7. The lowest BCUT2D eigenvalue weighted by atomic mass is 10.00. The summed E-state index contributed by atoms with van der Waals surface area (Å²) in [5.41, 5.74) is 7.05. The van der Waals surface area contributed by atoms with E-state index in [-0.39, 0.29) is 12.3 Å². The van der Waals surface area contributed by atoms with Gasteiger partial charge in [0.1, 0.15) is 5.75 Å². The Bertz CT molecular complexity index is 1320. The zero-order valence-corrected chi connectivity index (χ0v) is 21.6. The molecule has 3 aromatic rings. The molecule has 7 nitrogen and oxygen atoms in total. The van der Waals surface area contributed by atoms with Crippen molar-refractivity contribution in [3.63, 3.8) is 0 Å². The van der Waals surface area contributed by atoms with E-state index in [9.17, 15) is 4.79 Å². The van der Waals surface area contributed by atoms with Crippen molar-refractivity contribution < 1.29 is 23.7 Å². The summed E-state index contributed by atoms with van der Waals surface area (Å²) in [6.45, 7) is 2.53. The van der Waals surface area contributed by atoms with Gasteiger partial charge in [0.2, 0.25) is 11.7 Å². The Morgan fingerprint density at radius 1 is 0.944 bits per heavy atom. The van der Waals surface area contributed by atoms with Crippen LogP contribution in [0.25, 0.3) is 17.2 Å². The largest absolute Gasteiger partial charge is 0.497 e. The third-order valence-corrected chi connectivity index (χ3v) is 6.55. The van der Waals surface area contributed by atoms with Gasteiger partial charge in [-0.05, 0) is 82.8 Å². The maximum Gasteiger partial charge on any atom is 0.224 e. The molecule has 0 fully saturated rings. The van der Waals surface area contributed by atoms with Crippen LogP contribution in [0.2, 0.25) is 0 Å². The van der Waals surface area contributed by atoms with Gasteiger partial charge in [-0.3, -0.25) is 4.79 Å². The lowest BCUT2D eigenvalue weighted by Gasteiger charge is -2.13. The fraction of sp³-hybridized carbons (Fsp3) is 0.276. The van der Waals surface area contributed by atoms with E-state index < -0.39 is 0 Å². The number of hydrogen-bond donors (Lipinski definition) is 1. The van der Waals surface area contributed by atoms with Crippen LogP contribution in [0.3, 0.4) is 0 Å². The number of hydrogen-bond acceptors (Lipinski definition) is 5. The maximum absolute atomic E-state index is 13.0. The molecule has 0 saturated carbocycles. The summed E-state index contributed by atoms with van der Waals surface area (Å²) in [5, 5.41) is 3.05. The highest BCUT2D eigenvalue weighted by molar-refractivity contribution is 6.08. The van der Waals surface area contributed by atoms with Crippen LogP contribution in [0.1, 0.15) is 35.7 Å². The summed E-state index contributed by atoms with van der Waals surface area (Å²) < 4.78 is 24.0. The molecule has 0 atom stereocenters. The lowest BCUT2D eigenvalue weighted by Crippen LogP contribution is -2.23. The van der Waals surface area contributed by atoms with E-state index in [1.54, 1.807) is 28.4 Å². The zero-order chi connectivity index (χ0) is 25.8. The number of aromatic nitrogens is 1. The molecule has 1 N–H and O–H groups in total. The molecule has 188 valence electrons. The van der Waals surface area contributed by atoms with Crippen molar-refractivity contribution in [3.05, 3.63) is 76.6 Å². The summed E-state index contributed by atoms with van der Waals surface area (Å²) >= 11 is 0. The highest BCUT2D eigenvalue weighted by Gasteiger charge is 2.26. The molecule has 1 amide bonds. The van der Waals surface area contributed by atoms with Gasteiger partial charge in [-0.1, -0.05) is 6.07 Å². The number of carbonyl (C=O) groups excluding carboxylic acids is 1. The molecule has 0 saturated heterocycles. The molecular weight excluding hydrogens is 456 g/mol. The third-order valence-electron chi connectivity index (χ3n) is 6.55. The average molecular weight is 489 g/mol.